The van der Waals surface area contributed by atoms with Gasteiger partial charge in [-0.1, -0.05) is 19.1 Å². The van der Waals surface area contributed by atoms with Crippen molar-refractivity contribution in [3.8, 4) is 0 Å². The van der Waals surface area contributed by atoms with Gasteiger partial charge in [0, 0.05) is 6.04 Å². The Labute approximate surface area is 120 Å². The van der Waals surface area contributed by atoms with Crippen LogP contribution < -0.4 is 5.32 Å². The van der Waals surface area contributed by atoms with Crippen LogP contribution in [0, 0.1) is 11.7 Å². The van der Waals surface area contributed by atoms with Crippen molar-refractivity contribution in [3.05, 3.63) is 35.6 Å². The standard InChI is InChI=1S/C16H24FNS/c1-2-19-9-8-14(12-18-16-6-7-16)10-13-4-3-5-15(17)11-13/h3-5,11,14,16,18H,2,6-10,12H2,1H3. The van der Waals surface area contributed by atoms with Crippen LogP contribution in [-0.4, -0.2) is 24.1 Å². The average Bonchev–Trinajstić information content (AvgIpc) is 3.20. The minimum Gasteiger partial charge on any atom is -0.314 e. The molecule has 0 heterocycles. The van der Waals surface area contributed by atoms with E-state index in [-0.39, 0.29) is 5.82 Å². The quantitative estimate of drug-likeness (QED) is 0.689. The molecule has 0 radical (unpaired) electrons. The second-order valence-corrected chi connectivity index (χ2v) is 6.76. The predicted octanol–water partition coefficient (Wildman–Crippen LogP) is 3.88. The number of hydrogen-bond acceptors (Lipinski definition) is 2. The molecule has 1 aliphatic rings. The van der Waals surface area contributed by atoms with Gasteiger partial charge in [0.05, 0.1) is 0 Å². The number of halogens is 1. The monoisotopic (exact) mass is 281 g/mol. The lowest BCUT2D eigenvalue weighted by Gasteiger charge is -2.17. The number of nitrogens with one attached hydrogen (secondary N) is 1. The molecule has 1 fully saturated rings. The third kappa shape index (κ3) is 5.96. The van der Waals surface area contributed by atoms with E-state index in [1.165, 1.54) is 36.8 Å². The molecule has 1 aromatic rings. The summed E-state index contributed by atoms with van der Waals surface area (Å²) in [5, 5.41) is 3.62. The molecule has 1 atom stereocenters. The Kier molecular flexibility index (Phi) is 6.18. The topological polar surface area (TPSA) is 12.0 Å². The minimum absolute atomic E-state index is 0.116. The highest BCUT2D eigenvalue weighted by molar-refractivity contribution is 7.99. The SMILES string of the molecule is CCSCCC(CNC1CC1)Cc1cccc(F)c1. The maximum Gasteiger partial charge on any atom is 0.123 e. The third-order valence-corrected chi connectivity index (χ3v) is 4.49. The Morgan fingerprint density at radius 3 is 2.95 bits per heavy atom. The Hall–Kier alpha value is -0.540. The van der Waals surface area contributed by atoms with Crippen LogP contribution in [-0.2, 0) is 6.42 Å². The van der Waals surface area contributed by atoms with E-state index in [1.807, 2.05) is 23.9 Å². The molecule has 0 amide bonds. The fourth-order valence-corrected chi connectivity index (χ4v) is 3.08. The molecule has 19 heavy (non-hydrogen) atoms. The maximum absolute atomic E-state index is 13.2. The van der Waals surface area contributed by atoms with Gasteiger partial charge in [0.2, 0.25) is 0 Å². The highest BCUT2D eigenvalue weighted by Gasteiger charge is 2.21. The van der Waals surface area contributed by atoms with Gasteiger partial charge in [0.25, 0.3) is 0 Å². The van der Waals surface area contributed by atoms with Crippen molar-refractivity contribution in [2.75, 3.05) is 18.1 Å². The van der Waals surface area contributed by atoms with E-state index >= 15 is 0 Å². The second-order valence-electron chi connectivity index (χ2n) is 5.37. The van der Waals surface area contributed by atoms with Gasteiger partial charge in [-0.2, -0.15) is 11.8 Å². The first-order chi connectivity index (χ1) is 9.28. The molecule has 1 N–H and O–H groups in total. The Bertz CT molecular complexity index is 379. The number of thioether (sulfide) groups is 1. The fourth-order valence-electron chi connectivity index (χ4n) is 2.29. The first-order valence-corrected chi connectivity index (χ1v) is 8.49. The van der Waals surface area contributed by atoms with E-state index in [9.17, 15) is 4.39 Å². The largest absolute Gasteiger partial charge is 0.314 e. The highest BCUT2D eigenvalue weighted by atomic mass is 32.2. The van der Waals surface area contributed by atoms with Crippen molar-refractivity contribution < 1.29 is 4.39 Å². The lowest BCUT2D eigenvalue weighted by Crippen LogP contribution is -2.26. The smallest absolute Gasteiger partial charge is 0.123 e. The lowest BCUT2D eigenvalue weighted by molar-refractivity contribution is 0.460. The first kappa shape index (κ1) is 14.9. The maximum atomic E-state index is 13.2. The molecule has 1 aromatic carbocycles. The molecule has 1 nitrogen and oxygen atoms in total. The van der Waals surface area contributed by atoms with E-state index in [2.05, 4.69) is 12.2 Å². The van der Waals surface area contributed by atoms with Crippen LogP contribution in [0.5, 0.6) is 0 Å². The molecular formula is C16H24FNS. The van der Waals surface area contributed by atoms with E-state index in [4.69, 9.17) is 0 Å². The normalized spacial score (nSPS) is 16.5. The summed E-state index contributed by atoms with van der Waals surface area (Å²) < 4.78 is 13.2. The third-order valence-electron chi connectivity index (χ3n) is 3.56. The summed E-state index contributed by atoms with van der Waals surface area (Å²) in [5.41, 5.74) is 1.13. The summed E-state index contributed by atoms with van der Waals surface area (Å²) in [6, 6.07) is 7.82. The fraction of sp³-hybridized carbons (Fsp3) is 0.625. The molecule has 2 rings (SSSR count). The molecular weight excluding hydrogens is 257 g/mol. The van der Waals surface area contributed by atoms with Crippen molar-refractivity contribution in [2.24, 2.45) is 5.92 Å². The molecule has 106 valence electrons. The van der Waals surface area contributed by atoms with Gasteiger partial charge in [-0.05, 0) is 67.3 Å². The van der Waals surface area contributed by atoms with Crippen LogP contribution in [0.15, 0.2) is 24.3 Å². The summed E-state index contributed by atoms with van der Waals surface area (Å²) >= 11 is 2.00. The molecule has 1 saturated carbocycles. The molecule has 1 aliphatic carbocycles. The Morgan fingerprint density at radius 1 is 1.42 bits per heavy atom. The van der Waals surface area contributed by atoms with Gasteiger partial charge in [-0.15, -0.1) is 0 Å². The summed E-state index contributed by atoms with van der Waals surface area (Å²) in [7, 11) is 0. The van der Waals surface area contributed by atoms with E-state index in [1.54, 1.807) is 6.07 Å². The lowest BCUT2D eigenvalue weighted by atomic mass is 9.96. The highest BCUT2D eigenvalue weighted by Crippen LogP contribution is 2.21. The van der Waals surface area contributed by atoms with Crippen molar-refractivity contribution in [1.82, 2.24) is 5.32 Å². The zero-order valence-electron chi connectivity index (χ0n) is 11.7. The molecule has 3 heteroatoms. The Balaban J connectivity index is 1.83. The van der Waals surface area contributed by atoms with Crippen LogP contribution in [0.2, 0.25) is 0 Å². The van der Waals surface area contributed by atoms with E-state index < -0.39 is 0 Å². The van der Waals surface area contributed by atoms with Crippen LogP contribution in [0.4, 0.5) is 4.39 Å². The van der Waals surface area contributed by atoms with Crippen LogP contribution in [0.3, 0.4) is 0 Å². The Morgan fingerprint density at radius 2 is 2.26 bits per heavy atom. The van der Waals surface area contributed by atoms with Gasteiger partial charge in [0.1, 0.15) is 5.82 Å². The molecule has 0 aromatic heterocycles. The molecule has 0 saturated heterocycles. The summed E-state index contributed by atoms with van der Waals surface area (Å²) in [6.45, 7) is 3.28. The van der Waals surface area contributed by atoms with Crippen molar-refractivity contribution >= 4 is 11.8 Å². The second kappa shape index (κ2) is 7.91. The zero-order valence-corrected chi connectivity index (χ0v) is 12.5. The van der Waals surface area contributed by atoms with Gasteiger partial charge < -0.3 is 5.32 Å². The van der Waals surface area contributed by atoms with Gasteiger partial charge in [0.15, 0.2) is 0 Å². The van der Waals surface area contributed by atoms with Gasteiger partial charge in [-0.25, -0.2) is 4.39 Å². The van der Waals surface area contributed by atoms with E-state index in [0.717, 1.165) is 24.6 Å². The van der Waals surface area contributed by atoms with Gasteiger partial charge >= 0.3 is 0 Å². The zero-order chi connectivity index (χ0) is 13.5. The number of rotatable bonds is 9. The van der Waals surface area contributed by atoms with Gasteiger partial charge in [-0.3, -0.25) is 0 Å². The number of hydrogen-bond donors (Lipinski definition) is 1. The molecule has 0 aliphatic heterocycles. The number of benzene rings is 1. The van der Waals surface area contributed by atoms with Crippen molar-refractivity contribution in [1.29, 1.82) is 0 Å². The summed E-state index contributed by atoms with van der Waals surface area (Å²) in [6.07, 6.45) is 4.86. The minimum atomic E-state index is -0.116. The van der Waals surface area contributed by atoms with Crippen molar-refractivity contribution in [2.45, 2.75) is 38.6 Å². The summed E-state index contributed by atoms with van der Waals surface area (Å²) in [5.74, 6) is 2.90. The summed E-state index contributed by atoms with van der Waals surface area (Å²) in [4.78, 5) is 0. The van der Waals surface area contributed by atoms with Crippen LogP contribution in [0.25, 0.3) is 0 Å². The first-order valence-electron chi connectivity index (χ1n) is 7.33. The molecule has 0 spiro atoms. The van der Waals surface area contributed by atoms with Crippen molar-refractivity contribution in [3.63, 3.8) is 0 Å². The molecule has 1 unspecified atom stereocenters. The van der Waals surface area contributed by atoms with Crippen LogP contribution in [0.1, 0.15) is 31.7 Å². The molecule has 0 bridgehead atoms. The predicted molar refractivity (Wildman–Crippen MR) is 82.2 cm³/mol. The van der Waals surface area contributed by atoms with Crippen LogP contribution >= 0.6 is 11.8 Å². The van der Waals surface area contributed by atoms with E-state index in [0.29, 0.717) is 5.92 Å². The average molecular weight is 281 g/mol.